The quantitative estimate of drug-likeness (QED) is 0.346. The molecule has 1 aliphatic rings. The Balaban J connectivity index is 2.44. The van der Waals surface area contributed by atoms with Crippen LogP contribution in [0, 0.1) is 0 Å². The molecular weight excluding hydrogens is 178 g/mol. The summed E-state index contributed by atoms with van der Waals surface area (Å²) in [5, 5.41) is 12.9. The molecule has 14 heavy (non-hydrogen) atoms. The zero-order valence-electron chi connectivity index (χ0n) is 8.87. The summed E-state index contributed by atoms with van der Waals surface area (Å²) in [6.45, 7) is 2.62. The van der Waals surface area contributed by atoms with Gasteiger partial charge in [-0.3, -0.25) is 4.99 Å². The Labute approximate surface area is 85.6 Å². The summed E-state index contributed by atoms with van der Waals surface area (Å²) < 4.78 is 0. The Morgan fingerprint density at radius 1 is 1.43 bits per heavy atom. The molecular formula is C10H21N3O. The molecule has 4 heteroatoms. The van der Waals surface area contributed by atoms with Crippen molar-refractivity contribution in [2.75, 3.05) is 6.54 Å². The van der Waals surface area contributed by atoms with Gasteiger partial charge in [-0.05, 0) is 19.8 Å². The minimum Gasteiger partial charge on any atom is -0.391 e. The van der Waals surface area contributed by atoms with Crippen LogP contribution in [0.15, 0.2) is 4.99 Å². The molecule has 0 heterocycles. The van der Waals surface area contributed by atoms with Gasteiger partial charge in [-0.25, -0.2) is 0 Å². The van der Waals surface area contributed by atoms with Gasteiger partial charge in [0.2, 0.25) is 0 Å². The van der Waals surface area contributed by atoms with Crippen LogP contribution < -0.4 is 11.1 Å². The fourth-order valence-electron chi connectivity index (χ4n) is 1.86. The standard InChI is InChI=1S/C10H21N3O/c1-2-12-10(11)13-8-6-4-3-5-7-9(8)14/h8-9,14H,2-7H2,1H3,(H3,11,12,13). The van der Waals surface area contributed by atoms with Gasteiger partial charge in [0.25, 0.3) is 0 Å². The topological polar surface area (TPSA) is 70.6 Å². The van der Waals surface area contributed by atoms with Gasteiger partial charge in [0.15, 0.2) is 5.96 Å². The molecule has 2 atom stereocenters. The van der Waals surface area contributed by atoms with Gasteiger partial charge in [0, 0.05) is 6.54 Å². The molecule has 0 radical (unpaired) electrons. The van der Waals surface area contributed by atoms with Gasteiger partial charge in [0.05, 0.1) is 12.1 Å². The van der Waals surface area contributed by atoms with Crippen LogP contribution in [-0.4, -0.2) is 29.8 Å². The molecule has 4 N–H and O–H groups in total. The Hall–Kier alpha value is -0.770. The van der Waals surface area contributed by atoms with Crippen LogP contribution in [0.4, 0.5) is 0 Å². The van der Waals surface area contributed by atoms with E-state index in [2.05, 4.69) is 10.3 Å². The van der Waals surface area contributed by atoms with Crippen molar-refractivity contribution in [2.24, 2.45) is 10.7 Å². The first-order chi connectivity index (χ1) is 6.74. The summed E-state index contributed by atoms with van der Waals surface area (Å²) in [5.41, 5.74) is 5.66. The molecule has 1 saturated carbocycles. The number of aliphatic imine (C=N–C) groups is 1. The highest BCUT2D eigenvalue weighted by atomic mass is 16.3. The average Bonchev–Trinajstić information content (AvgIpc) is 2.33. The first kappa shape index (κ1) is 11.3. The first-order valence-electron chi connectivity index (χ1n) is 5.48. The second kappa shape index (κ2) is 5.86. The summed E-state index contributed by atoms with van der Waals surface area (Å²) in [6, 6.07) is 0.0906. The van der Waals surface area contributed by atoms with E-state index in [1.54, 1.807) is 0 Å². The van der Waals surface area contributed by atoms with E-state index in [1.807, 2.05) is 6.92 Å². The minimum atomic E-state index is -0.275. The highest BCUT2D eigenvalue weighted by Gasteiger charge is 2.21. The number of nitrogens with two attached hydrogens (primary N) is 1. The van der Waals surface area contributed by atoms with Crippen molar-refractivity contribution < 1.29 is 5.11 Å². The number of guanidine groups is 1. The number of nitrogens with one attached hydrogen (secondary N) is 1. The lowest BCUT2D eigenvalue weighted by atomic mass is 10.1. The van der Waals surface area contributed by atoms with E-state index in [0.717, 1.165) is 25.7 Å². The van der Waals surface area contributed by atoms with E-state index in [1.165, 1.54) is 6.42 Å². The summed E-state index contributed by atoms with van der Waals surface area (Å²) in [5.74, 6) is 0.457. The van der Waals surface area contributed by atoms with Crippen molar-refractivity contribution in [3.8, 4) is 0 Å². The number of aliphatic hydroxyl groups excluding tert-OH is 1. The van der Waals surface area contributed by atoms with Gasteiger partial charge in [0.1, 0.15) is 0 Å². The maximum Gasteiger partial charge on any atom is 0.188 e. The van der Waals surface area contributed by atoms with Crippen LogP contribution in [0.1, 0.15) is 39.0 Å². The summed E-state index contributed by atoms with van der Waals surface area (Å²) in [4.78, 5) is 4.06. The number of aliphatic hydroxyl groups is 1. The second-order valence-corrected chi connectivity index (χ2v) is 3.82. The monoisotopic (exact) mass is 199 g/mol. The van der Waals surface area contributed by atoms with E-state index < -0.39 is 0 Å². The molecule has 0 amide bonds. The number of rotatable bonds is 2. The molecule has 82 valence electrons. The largest absolute Gasteiger partial charge is 0.391 e. The van der Waals surface area contributed by atoms with Gasteiger partial charge in [-0.15, -0.1) is 0 Å². The molecule has 1 fully saturated rings. The molecule has 0 aromatic rings. The molecule has 0 saturated heterocycles. The highest BCUT2D eigenvalue weighted by Crippen LogP contribution is 2.17. The normalized spacial score (nSPS) is 29.7. The summed E-state index contributed by atoms with van der Waals surface area (Å²) >= 11 is 0. The van der Waals surface area contributed by atoms with Crippen LogP contribution in [0.25, 0.3) is 0 Å². The van der Waals surface area contributed by atoms with E-state index in [0.29, 0.717) is 12.5 Å². The molecule has 0 aromatic heterocycles. The van der Waals surface area contributed by atoms with E-state index in [-0.39, 0.29) is 12.1 Å². The van der Waals surface area contributed by atoms with Crippen molar-refractivity contribution in [1.82, 2.24) is 5.32 Å². The molecule has 2 unspecified atom stereocenters. The Morgan fingerprint density at radius 3 is 2.86 bits per heavy atom. The molecule has 0 aliphatic heterocycles. The average molecular weight is 199 g/mol. The zero-order valence-corrected chi connectivity index (χ0v) is 8.87. The molecule has 0 spiro atoms. The fraction of sp³-hybridized carbons (Fsp3) is 0.900. The number of hydrogen-bond acceptors (Lipinski definition) is 2. The van der Waals surface area contributed by atoms with E-state index >= 15 is 0 Å². The van der Waals surface area contributed by atoms with Crippen molar-refractivity contribution in [3.63, 3.8) is 0 Å². The first-order valence-corrected chi connectivity index (χ1v) is 5.48. The van der Waals surface area contributed by atoms with Crippen molar-refractivity contribution >= 4 is 5.96 Å². The fourth-order valence-corrected chi connectivity index (χ4v) is 1.86. The van der Waals surface area contributed by atoms with Crippen LogP contribution in [0.3, 0.4) is 0 Å². The smallest absolute Gasteiger partial charge is 0.188 e. The Morgan fingerprint density at radius 2 is 2.14 bits per heavy atom. The van der Waals surface area contributed by atoms with Gasteiger partial charge < -0.3 is 16.2 Å². The molecule has 1 rings (SSSR count). The molecule has 0 bridgehead atoms. The summed E-state index contributed by atoms with van der Waals surface area (Å²) in [6.07, 6.45) is 5.07. The van der Waals surface area contributed by atoms with Gasteiger partial charge >= 0.3 is 0 Å². The number of nitrogens with zero attached hydrogens (tertiary/aromatic N) is 1. The Kier molecular flexibility index (Phi) is 4.73. The highest BCUT2D eigenvalue weighted by molar-refractivity contribution is 5.78. The third kappa shape index (κ3) is 3.54. The third-order valence-electron chi connectivity index (χ3n) is 2.64. The number of hydrogen-bond donors (Lipinski definition) is 3. The van der Waals surface area contributed by atoms with Crippen molar-refractivity contribution in [3.05, 3.63) is 0 Å². The SMILES string of the molecule is CCN=C(N)NC1CCCCCC1O. The lowest BCUT2D eigenvalue weighted by Gasteiger charge is -2.22. The predicted molar refractivity (Wildman–Crippen MR) is 58.2 cm³/mol. The van der Waals surface area contributed by atoms with Crippen LogP contribution >= 0.6 is 0 Å². The second-order valence-electron chi connectivity index (χ2n) is 3.82. The maximum absolute atomic E-state index is 9.79. The minimum absolute atomic E-state index is 0.0906. The summed E-state index contributed by atoms with van der Waals surface area (Å²) in [7, 11) is 0. The lowest BCUT2D eigenvalue weighted by Crippen LogP contribution is -2.46. The van der Waals surface area contributed by atoms with Crippen LogP contribution in [0.2, 0.25) is 0 Å². The molecule has 0 aromatic carbocycles. The molecule has 1 aliphatic carbocycles. The Bertz CT molecular complexity index is 194. The van der Waals surface area contributed by atoms with Crippen molar-refractivity contribution in [1.29, 1.82) is 0 Å². The van der Waals surface area contributed by atoms with Gasteiger partial charge in [-0.1, -0.05) is 19.3 Å². The van der Waals surface area contributed by atoms with Crippen LogP contribution in [-0.2, 0) is 0 Å². The van der Waals surface area contributed by atoms with E-state index in [4.69, 9.17) is 5.73 Å². The third-order valence-corrected chi connectivity index (χ3v) is 2.64. The predicted octanol–water partition coefficient (Wildman–Crippen LogP) is 0.604. The molecule has 4 nitrogen and oxygen atoms in total. The van der Waals surface area contributed by atoms with Crippen LogP contribution in [0.5, 0.6) is 0 Å². The van der Waals surface area contributed by atoms with Gasteiger partial charge in [-0.2, -0.15) is 0 Å². The lowest BCUT2D eigenvalue weighted by molar-refractivity contribution is 0.129. The van der Waals surface area contributed by atoms with Crippen molar-refractivity contribution in [2.45, 2.75) is 51.2 Å². The van der Waals surface area contributed by atoms with E-state index in [9.17, 15) is 5.11 Å². The maximum atomic E-state index is 9.79. The zero-order chi connectivity index (χ0) is 10.4.